The Kier molecular flexibility index (Phi) is 2.46. The van der Waals surface area contributed by atoms with Gasteiger partial charge in [0.15, 0.2) is 0 Å². The molecule has 1 aromatic carbocycles. The number of hydrogen-bond donors (Lipinski definition) is 1. The molecule has 1 N–H and O–H groups in total. The van der Waals surface area contributed by atoms with Crippen LogP contribution in [0.4, 0.5) is 0 Å². The van der Waals surface area contributed by atoms with Gasteiger partial charge in [-0.2, -0.15) is 0 Å². The zero-order valence-corrected chi connectivity index (χ0v) is 8.95. The summed E-state index contributed by atoms with van der Waals surface area (Å²) in [5, 5.41) is 2.77. The minimum atomic E-state index is -0.0478. The van der Waals surface area contributed by atoms with Crippen LogP contribution in [0.2, 0.25) is 0 Å². The Morgan fingerprint density at radius 1 is 1.33 bits per heavy atom. The van der Waals surface area contributed by atoms with Crippen molar-refractivity contribution >= 4 is 0 Å². The monoisotopic (exact) mass is 202 g/mol. The van der Waals surface area contributed by atoms with Gasteiger partial charge in [-0.1, -0.05) is 23.8 Å². The highest BCUT2D eigenvalue weighted by Gasteiger charge is 2.05. The Balaban J connectivity index is 2.57. The van der Waals surface area contributed by atoms with Crippen LogP contribution in [0, 0.1) is 6.92 Å². The molecule has 0 amide bonds. The number of aromatic amines is 1. The fraction of sp³-hybridized carbons (Fsp3) is 0.250. The van der Waals surface area contributed by atoms with Crippen molar-refractivity contribution in [2.45, 2.75) is 20.4 Å². The van der Waals surface area contributed by atoms with Crippen LogP contribution in [-0.4, -0.2) is 9.78 Å². The third-order valence-electron chi connectivity index (χ3n) is 2.43. The molecule has 0 aliphatic heterocycles. The third kappa shape index (κ3) is 1.86. The van der Waals surface area contributed by atoms with Crippen molar-refractivity contribution < 1.29 is 0 Å². The highest BCUT2D eigenvalue weighted by molar-refractivity contribution is 5.60. The average Bonchev–Trinajstić information content (AvgIpc) is 2.59. The lowest BCUT2D eigenvalue weighted by Crippen LogP contribution is -2.04. The molecule has 1 heterocycles. The van der Waals surface area contributed by atoms with E-state index in [-0.39, 0.29) is 5.56 Å². The van der Waals surface area contributed by atoms with Crippen molar-refractivity contribution in [1.82, 2.24) is 9.78 Å². The normalized spacial score (nSPS) is 10.5. The lowest BCUT2D eigenvalue weighted by atomic mass is 10.1. The Hall–Kier alpha value is -1.77. The van der Waals surface area contributed by atoms with Crippen molar-refractivity contribution in [2.24, 2.45) is 0 Å². The Labute approximate surface area is 88.4 Å². The predicted molar refractivity (Wildman–Crippen MR) is 60.9 cm³/mol. The molecule has 3 heteroatoms. The smallest absolute Gasteiger partial charge is 0.264 e. The first-order valence-electron chi connectivity index (χ1n) is 5.07. The maximum atomic E-state index is 11.3. The van der Waals surface area contributed by atoms with Gasteiger partial charge in [-0.05, 0) is 19.9 Å². The van der Waals surface area contributed by atoms with E-state index < -0.39 is 0 Å². The van der Waals surface area contributed by atoms with Gasteiger partial charge < -0.3 is 0 Å². The standard InChI is InChI=1S/C12H14N2O/c1-3-14-11(8-12(15)13-14)10-6-4-5-9(2)7-10/h4-8H,3H2,1-2H3,(H,13,15). The number of benzene rings is 1. The molecule has 1 aromatic heterocycles. The minimum Gasteiger partial charge on any atom is -0.285 e. The third-order valence-corrected chi connectivity index (χ3v) is 2.43. The predicted octanol–water partition coefficient (Wildman–Crippen LogP) is 2.17. The van der Waals surface area contributed by atoms with E-state index in [1.807, 2.05) is 36.7 Å². The molecule has 0 aliphatic rings. The van der Waals surface area contributed by atoms with Gasteiger partial charge in [0.25, 0.3) is 5.56 Å². The average molecular weight is 202 g/mol. The van der Waals surface area contributed by atoms with Crippen molar-refractivity contribution in [2.75, 3.05) is 0 Å². The largest absolute Gasteiger partial charge is 0.285 e. The first-order valence-corrected chi connectivity index (χ1v) is 5.07. The summed E-state index contributed by atoms with van der Waals surface area (Å²) in [6.07, 6.45) is 0. The summed E-state index contributed by atoms with van der Waals surface area (Å²) in [4.78, 5) is 11.3. The lowest BCUT2D eigenvalue weighted by molar-refractivity contribution is 0.660. The van der Waals surface area contributed by atoms with Crippen LogP contribution in [0.1, 0.15) is 12.5 Å². The van der Waals surface area contributed by atoms with Crippen LogP contribution in [0.5, 0.6) is 0 Å². The highest BCUT2D eigenvalue weighted by Crippen LogP contribution is 2.18. The van der Waals surface area contributed by atoms with Crippen molar-refractivity contribution in [3.63, 3.8) is 0 Å². The number of aromatic nitrogens is 2. The second-order valence-electron chi connectivity index (χ2n) is 3.62. The molecule has 0 aliphatic carbocycles. The van der Waals surface area contributed by atoms with Gasteiger partial charge in [-0.15, -0.1) is 0 Å². The molecule has 0 saturated heterocycles. The molecule has 0 spiro atoms. The molecule has 3 nitrogen and oxygen atoms in total. The Morgan fingerprint density at radius 3 is 2.80 bits per heavy atom. The molecule has 0 bridgehead atoms. The molecular weight excluding hydrogens is 188 g/mol. The summed E-state index contributed by atoms with van der Waals surface area (Å²) in [5.74, 6) is 0. The van der Waals surface area contributed by atoms with E-state index in [0.717, 1.165) is 17.8 Å². The van der Waals surface area contributed by atoms with Crippen LogP contribution in [0.15, 0.2) is 35.1 Å². The van der Waals surface area contributed by atoms with Crippen molar-refractivity contribution in [3.8, 4) is 11.3 Å². The van der Waals surface area contributed by atoms with Crippen molar-refractivity contribution in [1.29, 1.82) is 0 Å². The number of H-pyrrole nitrogens is 1. The molecule has 78 valence electrons. The van der Waals surface area contributed by atoms with E-state index in [1.54, 1.807) is 6.07 Å². The topological polar surface area (TPSA) is 37.8 Å². The van der Waals surface area contributed by atoms with Crippen LogP contribution in [0.3, 0.4) is 0 Å². The number of hydrogen-bond acceptors (Lipinski definition) is 1. The van der Waals surface area contributed by atoms with Crippen molar-refractivity contribution in [3.05, 3.63) is 46.2 Å². The fourth-order valence-corrected chi connectivity index (χ4v) is 1.72. The van der Waals surface area contributed by atoms with E-state index >= 15 is 0 Å². The zero-order valence-electron chi connectivity index (χ0n) is 8.95. The minimum absolute atomic E-state index is 0.0478. The summed E-state index contributed by atoms with van der Waals surface area (Å²) >= 11 is 0. The summed E-state index contributed by atoms with van der Waals surface area (Å²) < 4.78 is 1.86. The van der Waals surface area contributed by atoms with Crippen LogP contribution in [0.25, 0.3) is 11.3 Å². The molecule has 0 radical (unpaired) electrons. The lowest BCUT2D eigenvalue weighted by Gasteiger charge is -2.05. The molecule has 2 aromatic rings. The van der Waals surface area contributed by atoms with Gasteiger partial charge in [-0.25, -0.2) is 0 Å². The molecule has 2 rings (SSSR count). The first kappa shape index (κ1) is 9.77. The maximum Gasteiger partial charge on any atom is 0.264 e. The second-order valence-corrected chi connectivity index (χ2v) is 3.62. The number of nitrogens with one attached hydrogen (secondary N) is 1. The molecule has 15 heavy (non-hydrogen) atoms. The van der Waals surface area contributed by atoms with Gasteiger partial charge in [0, 0.05) is 18.2 Å². The Morgan fingerprint density at radius 2 is 2.13 bits per heavy atom. The van der Waals surface area contributed by atoms with Crippen LogP contribution >= 0.6 is 0 Å². The molecule has 0 atom stereocenters. The van der Waals surface area contributed by atoms with Gasteiger partial charge in [0.1, 0.15) is 0 Å². The summed E-state index contributed by atoms with van der Waals surface area (Å²) in [5.41, 5.74) is 3.18. The van der Waals surface area contributed by atoms with E-state index in [2.05, 4.69) is 11.2 Å². The highest BCUT2D eigenvalue weighted by atomic mass is 16.1. The van der Waals surface area contributed by atoms with Crippen LogP contribution in [-0.2, 0) is 6.54 Å². The summed E-state index contributed by atoms with van der Waals surface area (Å²) in [6.45, 7) is 4.82. The SMILES string of the molecule is CCn1[nH]c(=O)cc1-c1cccc(C)c1. The Bertz CT molecular complexity index is 522. The van der Waals surface area contributed by atoms with Gasteiger partial charge in [0.05, 0.1) is 5.69 Å². The molecule has 0 saturated carbocycles. The number of aryl methyl sites for hydroxylation is 2. The second kappa shape index (κ2) is 3.77. The summed E-state index contributed by atoms with van der Waals surface area (Å²) in [7, 11) is 0. The number of rotatable bonds is 2. The maximum absolute atomic E-state index is 11.3. The van der Waals surface area contributed by atoms with E-state index in [0.29, 0.717) is 0 Å². The van der Waals surface area contributed by atoms with E-state index in [4.69, 9.17) is 0 Å². The molecular formula is C12H14N2O. The van der Waals surface area contributed by atoms with E-state index in [9.17, 15) is 4.79 Å². The van der Waals surface area contributed by atoms with Crippen LogP contribution < -0.4 is 5.56 Å². The summed E-state index contributed by atoms with van der Waals surface area (Å²) in [6, 6.07) is 9.78. The van der Waals surface area contributed by atoms with E-state index in [1.165, 1.54) is 5.56 Å². The molecule has 0 fully saturated rings. The fourth-order valence-electron chi connectivity index (χ4n) is 1.72. The quantitative estimate of drug-likeness (QED) is 0.796. The first-order chi connectivity index (χ1) is 7.20. The van der Waals surface area contributed by atoms with Gasteiger partial charge in [-0.3, -0.25) is 14.6 Å². The molecule has 0 unspecified atom stereocenters. The zero-order chi connectivity index (χ0) is 10.8. The van der Waals surface area contributed by atoms with Gasteiger partial charge >= 0.3 is 0 Å². The van der Waals surface area contributed by atoms with Gasteiger partial charge in [0.2, 0.25) is 0 Å². The number of nitrogens with zero attached hydrogens (tertiary/aromatic N) is 1.